The topological polar surface area (TPSA) is 17.1 Å². The van der Waals surface area contributed by atoms with E-state index in [0.717, 1.165) is 24.7 Å². The van der Waals surface area contributed by atoms with Crippen LogP contribution in [0, 0.1) is 34.5 Å². The number of carbonyl (C=O) groups is 1. The Kier molecular flexibility index (Phi) is 2.98. The lowest BCUT2D eigenvalue weighted by atomic mass is 9.48. The van der Waals surface area contributed by atoms with Crippen molar-refractivity contribution in [2.24, 2.45) is 34.5 Å². The van der Waals surface area contributed by atoms with Crippen molar-refractivity contribution in [1.82, 2.24) is 0 Å². The Morgan fingerprint density at radius 1 is 1.10 bits per heavy atom. The molecule has 0 aromatic heterocycles. The summed E-state index contributed by atoms with van der Waals surface area (Å²) in [4.78, 5) is 12.7. The van der Waals surface area contributed by atoms with E-state index in [9.17, 15) is 4.79 Å². The summed E-state index contributed by atoms with van der Waals surface area (Å²) in [6, 6.07) is 0. The van der Waals surface area contributed by atoms with Gasteiger partial charge in [0.15, 0.2) is 0 Å². The van der Waals surface area contributed by atoms with Gasteiger partial charge >= 0.3 is 0 Å². The molecule has 3 fully saturated rings. The summed E-state index contributed by atoms with van der Waals surface area (Å²) in [7, 11) is 0. The predicted octanol–water partition coefficient (Wildman–Crippen LogP) is 5.15. The maximum atomic E-state index is 12.7. The molecule has 21 heavy (non-hydrogen) atoms. The minimum absolute atomic E-state index is 0.0109. The van der Waals surface area contributed by atoms with E-state index >= 15 is 0 Å². The Morgan fingerprint density at radius 3 is 2.71 bits per heavy atom. The number of Topliss-reactive ketones (excluding diaryl/α,β-unsaturated/α-hetero) is 1. The van der Waals surface area contributed by atoms with Crippen LogP contribution in [0.1, 0.15) is 72.1 Å². The molecule has 4 rings (SSSR count). The molecule has 6 atom stereocenters. The van der Waals surface area contributed by atoms with Gasteiger partial charge < -0.3 is 0 Å². The van der Waals surface area contributed by atoms with Crippen LogP contribution in [0.5, 0.6) is 0 Å². The second-order valence-corrected chi connectivity index (χ2v) is 8.92. The van der Waals surface area contributed by atoms with Crippen molar-refractivity contribution < 1.29 is 4.79 Å². The van der Waals surface area contributed by atoms with E-state index < -0.39 is 0 Å². The summed E-state index contributed by atoms with van der Waals surface area (Å²) in [5.41, 5.74) is 2.25. The summed E-state index contributed by atoms with van der Waals surface area (Å²) < 4.78 is 0. The van der Waals surface area contributed by atoms with Gasteiger partial charge in [-0.25, -0.2) is 0 Å². The average molecular weight is 286 g/mol. The van der Waals surface area contributed by atoms with Crippen molar-refractivity contribution in [3.8, 4) is 0 Å². The number of hydrogen-bond acceptors (Lipinski definition) is 1. The number of ketones is 1. The van der Waals surface area contributed by atoms with Crippen LogP contribution in [-0.2, 0) is 4.79 Å². The first-order chi connectivity index (χ1) is 9.97. The van der Waals surface area contributed by atoms with Crippen LogP contribution in [0.3, 0.4) is 0 Å². The van der Waals surface area contributed by atoms with Crippen LogP contribution in [0.25, 0.3) is 0 Å². The number of hydrogen-bond donors (Lipinski definition) is 0. The second kappa shape index (κ2) is 4.46. The summed E-state index contributed by atoms with van der Waals surface area (Å²) >= 11 is 0. The van der Waals surface area contributed by atoms with E-state index in [4.69, 9.17) is 0 Å². The number of allylic oxidation sites excluding steroid dienone is 2. The maximum absolute atomic E-state index is 12.7. The molecular weight excluding hydrogens is 256 g/mol. The standard InChI is InChI=1S/C20H30O/c1-13-12-17-15-8-7-14-6-4-5-10-19(14,2)16(15)9-11-20(17,3)18(13)21/h7,13,15-17H,4-6,8-12H2,1-3H3/t13-,15-,16+,17+,19+,20+/m1/s1. The largest absolute Gasteiger partial charge is 0.299 e. The second-order valence-electron chi connectivity index (χ2n) is 8.92. The molecule has 0 bridgehead atoms. The van der Waals surface area contributed by atoms with Crippen molar-refractivity contribution in [3.63, 3.8) is 0 Å². The molecule has 3 saturated carbocycles. The van der Waals surface area contributed by atoms with Gasteiger partial charge in [0.1, 0.15) is 5.78 Å². The van der Waals surface area contributed by atoms with E-state index in [-0.39, 0.29) is 5.41 Å². The molecule has 0 aliphatic heterocycles. The van der Waals surface area contributed by atoms with Crippen molar-refractivity contribution >= 4 is 5.78 Å². The fraction of sp³-hybridized carbons (Fsp3) is 0.850. The number of carbonyl (C=O) groups excluding carboxylic acids is 1. The molecule has 0 unspecified atom stereocenters. The van der Waals surface area contributed by atoms with Crippen molar-refractivity contribution in [2.45, 2.75) is 72.1 Å². The van der Waals surface area contributed by atoms with Gasteiger partial charge in [-0.05, 0) is 68.1 Å². The Labute approximate surface area is 129 Å². The van der Waals surface area contributed by atoms with Gasteiger partial charge in [-0.15, -0.1) is 0 Å². The summed E-state index contributed by atoms with van der Waals surface area (Å²) in [6.45, 7) is 7.02. The predicted molar refractivity (Wildman–Crippen MR) is 85.9 cm³/mol. The molecule has 0 aromatic carbocycles. The number of rotatable bonds is 0. The van der Waals surface area contributed by atoms with Gasteiger partial charge in [0.05, 0.1) is 0 Å². The molecule has 4 aliphatic rings. The highest BCUT2D eigenvalue weighted by Crippen LogP contribution is 2.64. The van der Waals surface area contributed by atoms with Crippen LogP contribution < -0.4 is 0 Å². The van der Waals surface area contributed by atoms with E-state index in [2.05, 4.69) is 26.8 Å². The number of fused-ring (bicyclic) bond motifs is 5. The summed E-state index contributed by atoms with van der Waals surface area (Å²) in [5.74, 6) is 3.19. The van der Waals surface area contributed by atoms with Crippen molar-refractivity contribution in [1.29, 1.82) is 0 Å². The first-order valence-electron chi connectivity index (χ1n) is 9.20. The molecule has 0 amide bonds. The molecular formula is C20H30O. The first kappa shape index (κ1) is 14.0. The highest BCUT2D eigenvalue weighted by molar-refractivity contribution is 5.89. The van der Waals surface area contributed by atoms with E-state index in [0.29, 0.717) is 23.0 Å². The van der Waals surface area contributed by atoms with E-state index in [1.165, 1.54) is 38.5 Å². The third-order valence-electron chi connectivity index (χ3n) is 8.03. The van der Waals surface area contributed by atoms with E-state index in [1.54, 1.807) is 5.57 Å². The van der Waals surface area contributed by atoms with E-state index in [1.807, 2.05) is 0 Å². The Balaban J connectivity index is 1.71. The third kappa shape index (κ3) is 1.72. The molecule has 0 saturated heterocycles. The molecule has 0 spiro atoms. The van der Waals surface area contributed by atoms with Gasteiger partial charge in [-0.2, -0.15) is 0 Å². The lowest BCUT2D eigenvalue weighted by Gasteiger charge is -2.56. The van der Waals surface area contributed by atoms with Gasteiger partial charge in [-0.1, -0.05) is 38.8 Å². The van der Waals surface area contributed by atoms with Gasteiger partial charge in [0.2, 0.25) is 0 Å². The Bertz CT molecular complexity index is 504. The van der Waals surface area contributed by atoms with Crippen LogP contribution >= 0.6 is 0 Å². The SMILES string of the molecule is C[C@@H]1C[C@H]2[C@@H]3CC=C4CCCC[C@]4(C)[C@H]3CC[C@]2(C)C1=O. The lowest BCUT2D eigenvalue weighted by molar-refractivity contribution is -0.133. The maximum Gasteiger partial charge on any atom is 0.141 e. The minimum atomic E-state index is 0.0109. The van der Waals surface area contributed by atoms with Crippen molar-refractivity contribution in [3.05, 3.63) is 11.6 Å². The van der Waals surface area contributed by atoms with Gasteiger partial charge in [0, 0.05) is 11.3 Å². The van der Waals surface area contributed by atoms with Crippen molar-refractivity contribution in [2.75, 3.05) is 0 Å². The zero-order valence-corrected chi connectivity index (χ0v) is 14.0. The van der Waals surface area contributed by atoms with Gasteiger partial charge in [-0.3, -0.25) is 4.79 Å². The quantitative estimate of drug-likeness (QED) is 0.562. The zero-order valence-electron chi connectivity index (χ0n) is 14.0. The highest BCUT2D eigenvalue weighted by Gasteiger charge is 2.59. The Hall–Kier alpha value is -0.590. The van der Waals surface area contributed by atoms with Crippen LogP contribution in [0.4, 0.5) is 0 Å². The molecule has 0 aromatic rings. The molecule has 4 aliphatic carbocycles. The first-order valence-corrected chi connectivity index (χ1v) is 9.20. The highest BCUT2D eigenvalue weighted by atomic mass is 16.1. The smallest absolute Gasteiger partial charge is 0.141 e. The molecule has 0 N–H and O–H groups in total. The van der Waals surface area contributed by atoms with Crippen LogP contribution in [0.2, 0.25) is 0 Å². The monoisotopic (exact) mass is 286 g/mol. The lowest BCUT2D eigenvalue weighted by Crippen LogP contribution is -2.49. The summed E-state index contributed by atoms with van der Waals surface area (Å²) in [5, 5.41) is 0. The molecule has 0 heterocycles. The normalized spacial score (nSPS) is 52.7. The molecule has 116 valence electrons. The zero-order chi connectivity index (χ0) is 14.8. The third-order valence-corrected chi connectivity index (χ3v) is 8.03. The molecule has 1 nitrogen and oxygen atoms in total. The Morgan fingerprint density at radius 2 is 1.90 bits per heavy atom. The average Bonchev–Trinajstić information content (AvgIpc) is 2.70. The minimum Gasteiger partial charge on any atom is -0.299 e. The molecule has 0 radical (unpaired) electrons. The fourth-order valence-corrected chi connectivity index (χ4v) is 6.81. The van der Waals surface area contributed by atoms with Crippen LogP contribution in [0.15, 0.2) is 11.6 Å². The molecule has 1 heteroatoms. The fourth-order valence-electron chi connectivity index (χ4n) is 6.81. The van der Waals surface area contributed by atoms with Gasteiger partial charge in [0.25, 0.3) is 0 Å². The van der Waals surface area contributed by atoms with Crippen LogP contribution in [-0.4, -0.2) is 5.78 Å². The summed E-state index contributed by atoms with van der Waals surface area (Å²) in [6.07, 6.45) is 13.0.